The van der Waals surface area contributed by atoms with Crippen molar-refractivity contribution in [2.24, 2.45) is 5.41 Å². The Balaban J connectivity index is 1.94. The summed E-state index contributed by atoms with van der Waals surface area (Å²) in [4.78, 5) is 23.6. The zero-order valence-corrected chi connectivity index (χ0v) is 15.5. The minimum Gasteiger partial charge on any atom is -0.482 e. The van der Waals surface area contributed by atoms with Crippen molar-refractivity contribution in [1.82, 2.24) is 10.5 Å². The van der Waals surface area contributed by atoms with Crippen molar-refractivity contribution in [2.45, 2.75) is 46.3 Å². The number of amides is 1. The molecule has 7 nitrogen and oxygen atoms in total. The second-order valence-corrected chi connectivity index (χ2v) is 7.36. The fourth-order valence-electron chi connectivity index (χ4n) is 2.27. The molecule has 2 aromatic rings. The molecule has 0 saturated carbocycles. The second-order valence-electron chi connectivity index (χ2n) is 7.36. The van der Waals surface area contributed by atoms with E-state index in [-0.39, 0.29) is 29.2 Å². The predicted octanol–water partition coefficient (Wildman–Crippen LogP) is 3.40. The van der Waals surface area contributed by atoms with Crippen molar-refractivity contribution >= 4 is 11.9 Å². The number of nitrogens with zero attached hydrogens (tertiary/aromatic N) is 1. The number of rotatable bonds is 8. The number of para-hydroxylation sites is 1. The molecular formula is C19H23FN2O5. The van der Waals surface area contributed by atoms with Gasteiger partial charge in [-0.15, -0.1) is 0 Å². The summed E-state index contributed by atoms with van der Waals surface area (Å²) in [6, 6.07) is 6.20. The van der Waals surface area contributed by atoms with E-state index in [1.807, 2.05) is 20.8 Å². The number of benzene rings is 1. The summed E-state index contributed by atoms with van der Waals surface area (Å²) < 4.78 is 23.8. The maximum atomic E-state index is 13.5. The highest BCUT2D eigenvalue weighted by molar-refractivity contribution is 5.94. The first-order chi connectivity index (χ1) is 12.7. The zero-order valence-electron chi connectivity index (χ0n) is 15.5. The van der Waals surface area contributed by atoms with Crippen LogP contribution in [0.3, 0.4) is 0 Å². The fraction of sp³-hybridized carbons (Fsp3) is 0.421. The van der Waals surface area contributed by atoms with E-state index in [0.717, 1.165) is 0 Å². The molecule has 2 N–H and O–H groups in total. The van der Waals surface area contributed by atoms with E-state index in [1.54, 1.807) is 6.07 Å². The third-order valence-electron chi connectivity index (χ3n) is 3.78. The number of hydrogen-bond donors (Lipinski definition) is 2. The van der Waals surface area contributed by atoms with Gasteiger partial charge in [-0.25, -0.2) is 9.18 Å². The predicted molar refractivity (Wildman–Crippen MR) is 94.8 cm³/mol. The molecule has 0 fully saturated rings. The average Bonchev–Trinajstić information content (AvgIpc) is 3.05. The van der Waals surface area contributed by atoms with Crippen LogP contribution >= 0.6 is 0 Å². The monoisotopic (exact) mass is 378 g/mol. The van der Waals surface area contributed by atoms with Crippen molar-refractivity contribution in [3.63, 3.8) is 0 Å². The Bertz CT molecular complexity index is 797. The molecule has 1 aromatic heterocycles. The van der Waals surface area contributed by atoms with Crippen LogP contribution in [0.2, 0.25) is 0 Å². The van der Waals surface area contributed by atoms with Crippen molar-refractivity contribution in [1.29, 1.82) is 0 Å². The van der Waals surface area contributed by atoms with Crippen molar-refractivity contribution in [3.8, 4) is 5.75 Å². The van der Waals surface area contributed by atoms with Crippen LogP contribution in [0.5, 0.6) is 5.75 Å². The van der Waals surface area contributed by atoms with Gasteiger partial charge in [0.05, 0.1) is 0 Å². The first-order valence-electron chi connectivity index (χ1n) is 8.52. The molecule has 1 unspecified atom stereocenters. The number of ether oxygens (including phenoxy) is 1. The Morgan fingerprint density at radius 2 is 2.04 bits per heavy atom. The molecule has 0 bridgehead atoms. The van der Waals surface area contributed by atoms with Gasteiger partial charge in [0.2, 0.25) is 0 Å². The van der Waals surface area contributed by atoms with Crippen LogP contribution < -0.4 is 10.1 Å². The maximum Gasteiger partial charge on any atom is 0.326 e. The van der Waals surface area contributed by atoms with Gasteiger partial charge in [0.15, 0.2) is 23.0 Å². The van der Waals surface area contributed by atoms with Crippen LogP contribution in [0.15, 0.2) is 34.9 Å². The molecular weight excluding hydrogens is 355 g/mol. The molecule has 0 spiro atoms. The molecule has 1 aromatic carbocycles. The van der Waals surface area contributed by atoms with Gasteiger partial charge in [-0.3, -0.25) is 4.79 Å². The van der Waals surface area contributed by atoms with E-state index in [4.69, 9.17) is 9.26 Å². The number of carboxylic acids is 1. The highest BCUT2D eigenvalue weighted by Crippen LogP contribution is 2.22. The summed E-state index contributed by atoms with van der Waals surface area (Å²) in [5.41, 5.74) is -0.118. The minimum absolute atomic E-state index is 0.0491. The number of carboxylic acid groups (broad SMARTS) is 1. The van der Waals surface area contributed by atoms with E-state index >= 15 is 0 Å². The Morgan fingerprint density at radius 1 is 1.33 bits per heavy atom. The van der Waals surface area contributed by atoms with Gasteiger partial charge in [-0.2, -0.15) is 0 Å². The maximum absolute atomic E-state index is 13.5. The van der Waals surface area contributed by atoms with E-state index in [1.165, 1.54) is 24.3 Å². The van der Waals surface area contributed by atoms with Crippen LogP contribution in [0.1, 0.15) is 49.9 Å². The highest BCUT2D eigenvalue weighted by atomic mass is 19.1. The third kappa shape index (κ3) is 6.40. The number of carbonyl (C=O) groups is 2. The topological polar surface area (TPSA) is 102 Å². The van der Waals surface area contributed by atoms with E-state index in [2.05, 4.69) is 10.5 Å². The lowest BCUT2D eigenvalue weighted by atomic mass is 9.88. The normalized spacial score (nSPS) is 12.4. The van der Waals surface area contributed by atoms with Crippen molar-refractivity contribution in [3.05, 3.63) is 47.6 Å². The second kappa shape index (κ2) is 8.66. The molecule has 146 valence electrons. The Morgan fingerprint density at radius 3 is 2.67 bits per heavy atom. The summed E-state index contributed by atoms with van der Waals surface area (Å²) in [5, 5.41) is 15.4. The van der Waals surface area contributed by atoms with Gasteiger partial charge in [0, 0.05) is 6.07 Å². The Labute approximate surface area is 156 Å². The molecule has 27 heavy (non-hydrogen) atoms. The van der Waals surface area contributed by atoms with Crippen LogP contribution in [0.25, 0.3) is 0 Å². The van der Waals surface area contributed by atoms with Crippen LogP contribution in [0.4, 0.5) is 4.39 Å². The number of aliphatic carboxylic acids is 1. The summed E-state index contributed by atoms with van der Waals surface area (Å²) in [6.45, 7) is 5.86. The first-order valence-corrected chi connectivity index (χ1v) is 8.52. The summed E-state index contributed by atoms with van der Waals surface area (Å²) in [5.74, 6) is -2.02. The standard InChI is InChI=1S/C19H23FN2O5/c1-19(2,3)9-8-14(18(24)25)21-17(23)15-10-12(27-22-15)11-26-16-7-5-4-6-13(16)20/h4-7,10,14H,8-9,11H2,1-3H3,(H,21,23)(H,24,25). The highest BCUT2D eigenvalue weighted by Gasteiger charge is 2.24. The molecule has 8 heteroatoms. The van der Waals surface area contributed by atoms with Gasteiger partial charge in [-0.05, 0) is 30.4 Å². The lowest BCUT2D eigenvalue weighted by Crippen LogP contribution is -2.41. The number of aromatic nitrogens is 1. The molecule has 0 aliphatic heterocycles. The van der Waals surface area contributed by atoms with Crippen LogP contribution in [-0.2, 0) is 11.4 Å². The molecule has 1 atom stereocenters. The molecule has 1 heterocycles. The molecule has 0 saturated heterocycles. The number of nitrogens with one attached hydrogen (secondary N) is 1. The molecule has 0 radical (unpaired) electrons. The lowest BCUT2D eigenvalue weighted by molar-refractivity contribution is -0.139. The average molecular weight is 378 g/mol. The quantitative estimate of drug-likeness (QED) is 0.730. The minimum atomic E-state index is -1.11. The van der Waals surface area contributed by atoms with Gasteiger partial charge in [0.1, 0.15) is 12.6 Å². The first kappa shape index (κ1) is 20.4. The smallest absolute Gasteiger partial charge is 0.326 e. The van der Waals surface area contributed by atoms with E-state index in [0.29, 0.717) is 12.8 Å². The lowest BCUT2D eigenvalue weighted by Gasteiger charge is -2.21. The van der Waals surface area contributed by atoms with Crippen LogP contribution in [-0.4, -0.2) is 28.2 Å². The summed E-state index contributed by atoms with van der Waals surface area (Å²) in [7, 11) is 0. The number of carbonyl (C=O) groups excluding carboxylic acids is 1. The number of halogens is 1. The molecule has 2 rings (SSSR count). The molecule has 0 aliphatic rings. The Kier molecular flexibility index (Phi) is 6.55. The SMILES string of the molecule is CC(C)(C)CCC(NC(=O)c1cc(COc2ccccc2F)on1)C(=O)O. The zero-order chi connectivity index (χ0) is 20.0. The van der Waals surface area contributed by atoms with Crippen molar-refractivity contribution < 1.29 is 28.3 Å². The Hall–Kier alpha value is -2.90. The van der Waals surface area contributed by atoms with E-state index < -0.39 is 23.7 Å². The number of hydrogen-bond acceptors (Lipinski definition) is 5. The van der Waals surface area contributed by atoms with Crippen LogP contribution in [0, 0.1) is 11.2 Å². The van der Waals surface area contributed by atoms with Gasteiger partial charge >= 0.3 is 5.97 Å². The van der Waals surface area contributed by atoms with Gasteiger partial charge in [0.25, 0.3) is 5.91 Å². The molecule has 1 amide bonds. The third-order valence-corrected chi connectivity index (χ3v) is 3.78. The molecule has 0 aliphatic carbocycles. The fourth-order valence-corrected chi connectivity index (χ4v) is 2.27. The summed E-state index contributed by atoms with van der Waals surface area (Å²) >= 11 is 0. The van der Waals surface area contributed by atoms with Crippen molar-refractivity contribution in [2.75, 3.05) is 0 Å². The summed E-state index contributed by atoms with van der Waals surface area (Å²) in [6.07, 6.45) is 0.927. The van der Waals surface area contributed by atoms with Gasteiger partial charge in [-0.1, -0.05) is 38.1 Å². The van der Waals surface area contributed by atoms with Gasteiger partial charge < -0.3 is 19.7 Å². The largest absolute Gasteiger partial charge is 0.482 e. The van der Waals surface area contributed by atoms with E-state index in [9.17, 15) is 19.1 Å².